The van der Waals surface area contributed by atoms with Crippen molar-refractivity contribution in [1.29, 1.82) is 10.5 Å². The Kier molecular flexibility index (Phi) is 38.2. The van der Waals surface area contributed by atoms with Crippen LogP contribution in [0.1, 0.15) is 354 Å². The van der Waals surface area contributed by atoms with Gasteiger partial charge >= 0.3 is 17.1 Å². The summed E-state index contributed by atoms with van der Waals surface area (Å²) < 4.78 is 7.98. The predicted octanol–water partition coefficient (Wildman–Crippen LogP) is 30.6. The fraction of sp³-hybridized carbons (Fsp3) is 0.362. The van der Waals surface area contributed by atoms with Crippen molar-refractivity contribution in [1.82, 2.24) is 39.5 Å². The number of amides is 2. The number of fused-ring (bicyclic) bond motifs is 10. The summed E-state index contributed by atoms with van der Waals surface area (Å²) in [5.74, 6) is 4.48. The molecule has 19 rings (SSSR count). The maximum absolute atomic E-state index is 13.8. The number of imidazole rings is 1. The minimum absolute atomic E-state index is 0. The van der Waals surface area contributed by atoms with E-state index in [0.29, 0.717) is 95.2 Å². The summed E-state index contributed by atoms with van der Waals surface area (Å²) in [7, 11) is 0. The van der Waals surface area contributed by atoms with E-state index in [-0.39, 0.29) is 73.6 Å². The summed E-state index contributed by atoms with van der Waals surface area (Å²) >= 11 is 0. The van der Waals surface area contributed by atoms with Crippen LogP contribution in [0.3, 0.4) is 0 Å². The smallest absolute Gasteiger partial charge is 0.657 e. The van der Waals surface area contributed by atoms with Gasteiger partial charge in [-0.1, -0.05) is 375 Å². The maximum atomic E-state index is 13.8. The monoisotopic (exact) mass is 2280 g/mol. The molecule has 9 heterocycles. The third-order valence-electron chi connectivity index (χ3n) is 27.6. The molecule has 17 aromatic rings. The average molecular weight is 2280 g/mol. The van der Waals surface area contributed by atoms with Crippen molar-refractivity contribution in [2.75, 3.05) is 22.9 Å². The number of carbonyl (C=O) groups is 2. The van der Waals surface area contributed by atoms with Gasteiger partial charge in [-0.05, 0) is 208 Å². The molecule has 0 atom stereocenters. The van der Waals surface area contributed by atoms with E-state index < -0.39 is 10.8 Å². The van der Waals surface area contributed by atoms with E-state index in [1.165, 1.54) is 101 Å². The maximum Gasteiger partial charge on any atom is 2.00 e. The zero-order valence-electron chi connectivity index (χ0n) is 91.2. The fourth-order valence-electron chi connectivity index (χ4n) is 19.9. The minimum atomic E-state index is -0.540. The van der Waals surface area contributed by atoms with E-state index in [4.69, 9.17) is 20.5 Å². The Balaban J connectivity index is 0.000000172. The Hall–Kier alpha value is -12.3. The van der Waals surface area contributed by atoms with Crippen LogP contribution in [0.15, 0.2) is 231 Å². The topological polar surface area (TPSA) is 197 Å². The second-order valence-electron chi connectivity index (χ2n) is 43.8. The Morgan fingerprint density at radius 1 is 0.340 bits per heavy atom. The summed E-state index contributed by atoms with van der Waals surface area (Å²) in [6.07, 6.45) is 21.6. The van der Waals surface area contributed by atoms with E-state index >= 15 is 0 Å². The number of pyridine rings is 2. The number of aryl methyl sites for hydroxylation is 2. The first-order valence-electron chi connectivity index (χ1n) is 51.5. The van der Waals surface area contributed by atoms with Gasteiger partial charge in [0.25, 0.3) is 0 Å². The third kappa shape index (κ3) is 24.7. The van der Waals surface area contributed by atoms with E-state index in [0.717, 1.165) is 88.1 Å². The van der Waals surface area contributed by atoms with Crippen LogP contribution in [0, 0.1) is 53.7 Å². The molecule has 3 radical (unpaired) electrons. The molecule has 10 aromatic carbocycles. The van der Waals surface area contributed by atoms with Crippen LogP contribution >= 0.6 is 0 Å². The van der Waals surface area contributed by atoms with Crippen molar-refractivity contribution >= 4 is 124 Å². The number of anilines is 2. The first-order valence-corrected chi connectivity index (χ1v) is 51.5. The van der Waals surface area contributed by atoms with Gasteiger partial charge in [0.15, 0.2) is 12.0 Å². The molecule has 2 aliphatic heterocycles. The van der Waals surface area contributed by atoms with E-state index in [1.54, 1.807) is 36.9 Å². The van der Waals surface area contributed by atoms with E-state index in [1.807, 2.05) is 70.1 Å². The number of nitriles is 2. The van der Waals surface area contributed by atoms with E-state index in [9.17, 15) is 9.59 Å². The number of hydrogen-bond donors (Lipinski definition) is 0. The van der Waals surface area contributed by atoms with Gasteiger partial charge in [0.2, 0.25) is 30.1 Å². The van der Waals surface area contributed by atoms with Crippen molar-refractivity contribution in [3.8, 4) is 23.5 Å². The molecule has 2 aliphatic rings. The molecule has 0 saturated heterocycles. The van der Waals surface area contributed by atoms with Crippen LogP contribution in [0.4, 0.5) is 22.7 Å². The molecule has 0 saturated carbocycles. The molecule has 17 nitrogen and oxygen atoms in total. The van der Waals surface area contributed by atoms with Gasteiger partial charge in [0.1, 0.15) is 6.20 Å². The standard InChI is InChI=1S/2C30H42N2O.C29H36N4.2C14H9N2.C10H6N3.Ag.Au.Cu/c2*1-19(2)23-13-11-14-24(20(3)4)27(23)31-17-30(9,10)29(33)32(18-31)28-25(21(5)6)15-12-16-26(28)22(7)8;1-18(2)22-11-9-12-23(19(3)4)26(22)32-17-33(29-28(32)30-15-16-31-29)27-24(20(5)6)13-10-14-25(27)21(7)8;2*1-9-2-4-13-11(6-9)12-7-10(8-15)3-5-14(12)16-13;1-3-11-5-7-8-6-12-4-2-10(8)13-9(1)7;;;/h2*11-16,19-22H,17H2,1-10H3;9-16,18-21H,1-8H3;2*2-7H,1H3;1-6H;;;/q;;;3*-1;;;+2. The molecule has 7 aromatic heterocycles. The summed E-state index contributed by atoms with van der Waals surface area (Å²) in [5, 5.41) is 24.3. The summed E-state index contributed by atoms with van der Waals surface area (Å²) in [4.78, 5) is 63.4. The van der Waals surface area contributed by atoms with Crippen LogP contribution < -0.4 is 29.3 Å². The summed E-state index contributed by atoms with van der Waals surface area (Å²) in [6.45, 7) is 67.1. The molecule has 0 unspecified atom stereocenters. The largest absolute Gasteiger partial charge is 2.00 e. The van der Waals surface area contributed by atoms with Gasteiger partial charge < -0.3 is 38.9 Å². The second kappa shape index (κ2) is 48.8. The van der Waals surface area contributed by atoms with Gasteiger partial charge in [0.05, 0.1) is 76.1 Å². The van der Waals surface area contributed by atoms with Crippen LogP contribution in [0.2, 0.25) is 0 Å². The van der Waals surface area contributed by atoms with Crippen LogP contribution in [-0.4, -0.2) is 71.2 Å². The van der Waals surface area contributed by atoms with Crippen LogP contribution in [0.25, 0.3) is 88.1 Å². The quantitative estimate of drug-likeness (QED) is 0.0447. The van der Waals surface area contributed by atoms with Crippen molar-refractivity contribution in [3.05, 3.63) is 327 Å². The Bertz CT molecular complexity index is 7160. The normalized spacial score (nSPS) is 13.4. The number of hydrogen-bond acceptors (Lipinski definition) is 10. The Labute approximate surface area is 914 Å². The number of para-hydroxylation sites is 6. The van der Waals surface area contributed by atoms with Crippen molar-refractivity contribution in [2.24, 2.45) is 10.8 Å². The van der Waals surface area contributed by atoms with Crippen molar-refractivity contribution < 1.29 is 85.1 Å². The van der Waals surface area contributed by atoms with Gasteiger partial charge in [0, 0.05) is 80.9 Å². The molecule has 773 valence electrons. The van der Waals surface area contributed by atoms with Gasteiger partial charge in [-0.15, -0.1) is 33.1 Å². The molecular formula is C127H144AgAuCuN15O2-. The zero-order chi connectivity index (χ0) is 104. The summed E-state index contributed by atoms with van der Waals surface area (Å²) in [6, 6.07) is 71.2. The van der Waals surface area contributed by atoms with Crippen molar-refractivity contribution in [2.45, 2.75) is 279 Å². The van der Waals surface area contributed by atoms with Gasteiger partial charge in [-0.3, -0.25) is 28.7 Å². The van der Waals surface area contributed by atoms with Crippen LogP contribution in [-0.2, 0) is 71.4 Å². The SMILES string of the molecule is CC(C)c1cccc(C(C)C)c1-n1[c-][n+](-c2c(C(C)C)cccc2C(C)C)c2nccnc21.CC(C)c1cccc(C(C)C)c1N1[C-]=[N+](c2c(C(C)C)cccc2C(C)C)C(=O)C(C)(C)C1.CC(C)c1cccc(C(C)C)c1N1[C-]=[N+](c2c(C(C)C)cccc2C(C)C)C(=O)C(C)(C)C1.Cc1ccc2[n-]c3ccc(C#N)cc3c2c1.Cc1ccc2[n-]c3ccc(C#N)cc3c2c1.[Ag].[Au].[Cu+2].c1cc2[n-]c3ccncc3c2cn1. The average Bonchev–Trinajstić information content (AvgIpc) is 1.65. The zero-order valence-corrected chi connectivity index (χ0v) is 95.8. The van der Waals surface area contributed by atoms with E-state index in [2.05, 4.69) is 416 Å². The van der Waals surface area contributed by atoms with Crippen molar-refractivity contribution in [3.63, 3.8) is 0 Å². The number of rotatable bonds is 18. The third-order valence-corrected chi connectivity index (χ3v) is 27.6. The number of benzene rings is 10. The molecule has 0 fully saturated rings. The van der Waals surface area contributed by atoms with Gasteiger partial charge in [-0.2, -0.15) is 15.5 Å². The molecule has 0 bridgehead atoms. The first kappa shape index (κ1) is 115. The number of nitrogens with zero attached hydrogens (tertiary/aromatic N) is 15. The molecule has 147 heavy (non-hydrogen) atoms. The molecule has 2 amide bonds. The number of carbonyl (C=O) groups excluding carboxylic acids is 2. The van der Waals surface area contributed by atoms with Crippen LogP contribution in [0.5, 0.6) is 0 Å². The molecule has 0 aliphatic carbocycles. The number of aromatic nitrogens is 9. The first-order chi connectivity index (χ1) is 68.4. The molecule has 20 heteroatoms. The minimum Gasteiger partial charge on any atom is -0.657 e. The molecular weight excluding hydrogens is 2140 g/mol. The van der Waals surface area contributed by atoms with Gasteiger partial charge in [-0.25, -0.2) is 0 Å². The Morgan fingerprint density at radius 3 is 0.905 bits per heavy atom. The molecule has 0 spiro atoms. The second-order valence-corrected chi connectivity index (χ2v) is 43.8. The predicted molar refractivity (Wildman–Crippen MR) is 595 cm³/mol. The molecule has 0 N–H and O–H groups in total. The summed E-state index contributed by atoms with van der Waals surface area (Å²) in [5.41, 5.74) is 32.3. The Morgan fingerprint density at radius 2 is 0.605 bits per heavy atom. The fourth-order valence-corrected chi connectivity index (χ4v) is 19.9.